The lowest BCUT2D eigenvalue weighted by Gasteiger charge is -2.19. The smallest absolute Gasteiger partial charge is 0.0723 e. The molecule has 0 amide bonds. The van der Waals surface area contributed by atoms with Gasteiger partial charge in [0.1, 0.15) is 0 Å². The molecule has 2 unspecified atom stereocenters. The predicted molar refractivity (Wildman–Crippen MR) is 51.5 cm³/mol. The molecule has 1 aliphatic carbocycles. The standard InChI is InChI=1S/C11H18O2/c12-10-4-1-3-9(7-10)8-11-5-2-6-13-11/h7,10-12H,1-6,8H2. The lowest BCUT2D eigenvalue weighted by Crippen LogP contribution is -2.13. The maximum atomic E-state index is 9.44. The Bertz CT molecular complexity index is 192. The third-order valence-corrected chi connectivity index (χ3v) is 2.94. The molecule has 1 heterocycles. The normalized spacial score (nSPS) is 34.7. The van der Waals surface area contributed by atoms with Crippen molar-refractivity contribution in [2.24, 2.45) is 0 Å². The van der Waals surface area contributed by atoms with Gasteiger partial charge in [0.25, 0.3) is 0 Å². The van der Waals surface area contributed by atoms with Crippen molar-refractivity contribution in [3.63, 3.8) is 0 Å². The lowest BCUT2D eigenvalue weighted by atomic mass is 9.93. The van der Waals surface area contributed by atoms with E-state index >= 15 is 0 Å². The fourth-order valence-electron chi connectivity index (χ4n) is 2.24. The van der Waals surface area contributed by atoms with Crippen LogP contribution in [0.4, 0.5) is 0 Å². The third kappa shape index (κ3) is 2.55. The van der Waals surface area contributed by atoms with Gasteiger partial charge in [-0.15, -0.1) is 0 Å². The fraction of sp³-hybridized carbons (Fsp3) is 0.818. The summed E-state index contributed by atoms with van der Waals surface area (Å²) in [5, 5.41) is 9.44. The van der Waals surface area contributed by atoms with E-state index in [2.05, 4.69) is 0 Å². The summed E-state index contributed by atoms with van der Waals surface area (Å²) in [5.74, 6) is 0. The van der Waals surface area contributed by atoms with Crippen LogP contribution in [0, 0.1) is 0 Å². The maximum Gasteiger partial charge on any atom is 0.0723 e. The summed E-state index contributed by atoms with van der Waals surface area (Å²) in [6.07, 6.45) is 8.99. The van der Waals surface area contributed by atoms with Gasteiger partial charge in [-0.25, -0.2) is 0 Å². The van der Waals surface area contributed by atoms with E-state index in [1.807, 2.05) is 6.08 Å². The second kappa shape index (κ2) is 4.25. The number of aliphatic hydroxyl groups excluding tert-OH is 1. The molecule has 0 radical (unpaired) electrons. The minimum absolute atomic E-state index is 0.190. The zero-order valence-corrected chi connectivity index (χ0v) is 8.04. The predicted octanol–water partition coefficient (Wildman–Crippen LogP) is 2.03. The quantitative estimate of drug-likeness (QED) is 0.662. The largest absolute Gasteiger partial charge is 0.389 e. The highest BCUT2D eigenvalue weighted by Crippen LogP contribution is 2.26. The van der Waals surface area contributed by atoms with Crippen molar-refractivity contribution in [1.82, 2.24) is 0 Å². The molecule has 0 aromatic rings. The average Bonchev–Trinajstić information content (AvgIpc) is 2.57. The highest BCUT2D eigenvalue weighted by molar-refractivity contribution is 5.10. The monoisotopic (exact) mass is 182 g/mol. The molecular formula is C11H18O2. The highest BCUT2D eigenvalue weighted by atomic mass is 16.5. The summed E-state index contributed by atoms with van der Waals surface area (Å²) >= 11 is 0. The zero-order valence-electron chi connectivity index (χ0n) is 8.04. The first kappa shape index (κ1) is 9.22. The van der Waals surface area contributed by atoms with Crippen LogP contribution >= 0.6 is 0 Å². The van der Waals surface area contributed by atoms with Gasteiger partial charge in [0, 0.05) is 6.61 Å². The molecule has 1 fully saturated rings. The van der Waals surface area contributed by atoms with Crippen LogP contribution in [-0.2, 0) is 4.74 Å². The number of rotatable bonds is 2. The minimum Gasteiger partial charge on any atom is -0.389 e. The van der Waals surface area contributed by atoms with E-state index in [0.717, 1.165) is 32.3 Å². The molecule has 0 spiro atoms. The molecule has 74 valence electrons. The van der Waals surface area contributed by atoms with Gasteiger partial charge in [-0.1, -0.05) is 11.6 Å². The van der Waals surface area contributed by atoms with Crippen molar-refractivity contribution < 1.29 is 9.84 Å². The molecule has 2 heteroatoms. The van der Waals surface area contributed by atoms with Crippen molar-refractivity contribution in [2.75, 3.05) is 6.61 Å². The molecule has 2 aliphatic rings. The topological polar surface area (TPSA) is 29.5 Å². The number of aliphatic hydroxyl groups is 1. The first-order chi connectivity index (χ1) is 6.34. The summed E-state index contributed by atoms with van der Waals surface area (Å²) < 4.78 is 5.57. The van der Waals surface area contributed by atoms with Crippen LogP contribution in [0.5, 0.6) is 0 Å². The van der Waals surface area contributed by atoms with E-state index in [0.29, 0.717) is 6.10 Å². The van der Waals surface area contributed by atoms with Gasteiger partial charge in [0.05, 0.1) is 12.2 Å². The number of ether oxygens (including phenoxy) is 1. The Balaban J connectivity index is 1.85. The van der Waals surface area contributed by atoms with Gasteiger partial charge < -0.3 is 9.84 Å². The van der Waals surface area contributed by atoms with Gasteiger partial charge in [-0.3, -0.25) is 0 Å². The second-order valence-electron chi connectivity index (χ2n) is 4.12. The third-order valence-electron chi connectivity index (χ3n) is 2.94. The molecule has 2 nitrogen and oxygen atoms in total. The summed E-state index contributed by atoms with van der Waals surface area (Å²) in [5.41, 5.74) is 1.41. The molecule has 0 aromatic heterocycles. The SMILES string of the molecule is OC1C=C(CC2CCCO2)CCC1. The van der Waals surface area contributed by atoms with E-state index in [9.17, 15) is 5.11 Å². The second-order valence-corrected chi connectivity index (χ2v) is 4.12. The number of hydrogen-bond donors (Lipinski definition) is 1. The lowest BCUT2D eigenvalue weighted by molar-refractivity contribution is 0.109. The van der Waals surface area contributed by atoms with Crippen LogP contribution in [0.15, 0.2) is 11.6 Å². The molecule has 1 N–H and O–H groups in total. The van der Waals surface area contributed by atoms with Crippen LogP contribution in [0.25, 0.3) is 0 Å². The Morgan fingerprint density at radius 1 is 1.38 bits per heavy atom. The Morgan fingerprint density at radius 2 is 2.31 bits per heavy atom. The average molecular weight is 182 g/mol. The van der Waals surface area contributed by atoms with Crippen LogP contribution in [0.3, 0.4) is 0 Å². The van der Waals surface area contributed by atoms with Crippen molar-refractivity contribution in [3.8, 4) is 0 Å². The van der Waals surface area contributed by atoms with Gasteiger partial charge in [-0.05, 0) is 38.5 Å². The van der Waals surface area contributed by atoms with Gasteiger partial charge in [0.2, 0.25) is 0 Å². The molecule has 13 heavy (non-hydrogen) atoms. The van der Waals surface area contributed by atoms with Crippen LogP contribution in [-0.4, -0.2) is 23.9 Å². The van der Waals surface area contributed by atoms with E-state index in [4.69, 9.17) is 4.74 Å². The Kier molecular flexibility index (Phi) is 3.01. The van der Waals surface area contributed by atoms with E-state index in [1.165, 1.54) is 18.4 Å². The molecule has 0 bridgehead atoms. The first-order valence-corrected chi connectivity index (χ1v) is 5.34. The molecule has 2 atom stereocenters. The molecule has 0 aromatic carbocycles. The fourth-order valence-corrected chi connectivity index (χ4v) is 2.24. The van der Waals surface area contributed by atoms with Crippen LogP contribution < -0.4 is 0 Å². The van der Waals surface area contributed by atoms with Gasteiger partial charge >= 0.3 is 0 Å². The zero-order chi connectivity index (χ0) is 9.10. The maximum absolute atomic E-state index is 9.44. The molecule has 1 aliphatic heterocycles. The molecule has 0 saturated carbocycles. The van der Waals surface area contributed by atoms with Gasteiger partial charge in [0.15, 0.2) is 0 Å². The highest BCUT2D eigenvalue weighted by Gasteiger charge is 2.19. The summed E-state index contributed by atoms with van der Waals surface area (Å²) in [4.78, 5) is 0. The molecule has 2 rings (SSSR count). The van der Waals surface area contributed by atoms with Crippen LogP contribution in [0.2, 0.25) is 0 Å². The Morgan fingerprint density at radius 3 is 3.00 bits per heavy atom. The van der Waals surface area contributed by atoms with Crippen LogP contribution in [0.1, 0.15) is 38.5 Å². The van der Waals surface area contributed by atoms with Gasteiger partial charge in [-0.2, -0.15) is 0 Å². The summed E-state index contributed by atoms with van der Waals surface area (Å²) in [7, 11) is 0. The summed E-state index contributed by atoms with van der Waals surface area (Å²) in [6, 6.07) is 0. The minimum atomic E-state index is -0.190. The van der Waals surface area contributed by atoms with E-state index in [1.54, 1.807) is 0 Å². The number of hydrogen-bond acceptors (Lipinski definition) is 2. The molecule has 1 saturated heterocycles. The summed E-state index contributed by atoms with van der Waals surface area (Å²) in [6.45, 7) is 0.931. The van der Waals surface area contributed by atoms with Crippen molar-refractivity contribution in [1.29, 1.82) is 0 Å². The van der Waals surface area contributed by atoms with E-state index < -0.39 is 0 Å². The first-order valence-electron chi connectivity index (χ1n) is 5.34. The Hall–Kier alpha value is -0.340. The van der Waals surface area contributed by atoms with Crippen molar-refractivity contribution >= 4 is 0 Å². The molecular weight excluding hydrogens is 164 g/mol. The van der Waals surface area contributed by atoms with Crippen molar-refractivity contribution in [2.45, 2.75) is 50.7 Å². The Labute approximate surface area is 79.6 Å². The van der Waals surface area contributed by atoms with Crippen molar-refractivity contribution in [3.05, 3.63) is 11.6 Å². The van der Waals surface area contributed by atoms with E-state index in [-0.39, 0.29) is 6.10 Å².